The summed E-state index contributed by atoms with van der Waals surface area (Å²) in [5, 5.41) is 9.65. The van der Waals surface area contributed by atoms with Gasteiger partial charge in [0.05, 0.1) is 0 Å². The van der Waals surface area contributed by atoms with Gasteiger partial charge in [0.25, 0.3) is 0 Å². The van der Waals surface area contributed by atoms with Crippen LogP contribution in [0, 0.1) is 11.3 Å². The van der Waals surface area contributed by atoms with Crippen molar-refractivity contribution in [2.24, 2.45) is 11.3 Å². The molecule has 15 heavy (non-hydrogen) atoms. The summed E-state index contributed by atoms with van der Waals surface area (Å²) in [5.41, 5.74) is 0.226. The average Bonchev–Trinajstić information content (AvgIpc) is 3.05. The summed E-state index contributed by atoms with van der Waals surface area (Å²) in [6, 6.07) is 0.827. The summed E-state index contributed by atoms with van der Waals surface area (Å²) in [5.74, 6) is 0.871. The number of aliphatic hydroxyl groups excluding tert-OH is 1. The Morgan fingerprint density at radius 3 is 2.27 bits per heavy atom. The molecule has 2 fully saturated rings. The fourth-order valence-corrected chi connectivity index (χ4v) is 2.91. The third kappa shape index (κ3) is 2.73. The third-order valence-corrected chi connectivity index (χ3v) is 4.43. The van der Waals surface area contributed by atoms with Gasteiger partial charge in [-0.25, -0.2) is 0 Å². The second-order valence-electron chi connectivity index (χ2n) is 5.99. The maximum atomic E-state index is 9.65. The van der Waals surface area contributed by atoms with Crippen LogP contribution in [0.25, 0.3) is 0 Å². The fraction of sp³-hybridized carbons (Fsp3) is 1.00. The highest BCUT2D eigenvalue weighted by molar-refractivity contribution is 4.91. The Labute approximate surface area is 93.7 Å². The lowest BCUT2D eigenvalue weighted by Crippen LogP contribution is -2.41. The summed E-state index contributed by atoms with van der Waals surface area (Å²) in [6.07, 6.45) is 7.80. The summed E-state index contributed by atoms with van der Waals surface area (Å²) in [4.78, 5) is 2.48. The molecule has 2 aliphatic rings. The Morgan fingerprint density at radius 2 is 1.80 bits per heavy atom. The Bertz CT molecular complexity index is 205. The fourth-order valence-electron chi connectivity index (χ4n) is 2.91. The minimum absolute atomic E-state index is 0.226. The zero-order chi connectivity index (χ0) is 10.9. The lowest BCUT2D eigenvalue weighted by Gasteiger charge is -2.40. The second kappa shape index (κ2) is 4.42. The van der Waals surface area contributed by atoms with Crippen molar-refractivity contribution in [3.63, 3.8) is 0 Å². The van der Waals surface area contributed by atoms with Crippen LogP contribution in [-0.2, 0) is 0 Å². The SMILES string of the molecule is CC1CCC(CO)(CN(C)C2CC2)CC1. The van der Waals surface area contributed by atoms with E-state index >= 15 is 0 Å². The molecule has 88 valence electrons. The van der Waals surface area contributed by atoms with E-state index in [1.54, 1.807) is 0 Å². The van der Waals surface area contributed by atoms with E-state index in [2.05, 4.69) is 18.9 Å². The maximum Gasteiger partial charge on any atom is 0.0499 e. The standard InChI is InChI=1S/C13H25NO/c1-11-5-7-13(10-15,8-6-11)9-14(2)12-3-4-12/h11-12,15H,3-10H2,1-2H3. The summed E-state index contributed by atoms with van der Waals surface area (Å²) in [7, 11) is 2.23. The van der Waals surface area contributed by atoms with Gasteiger partial charge in [-0.3, -0.25) is 0 Å². The van der Waals surface area contributed by atoms with E-state index in [0.29, 0.717) is 6.61 Å². The predicted molar refractivity (Wildman–Crippen MR) is 62.8 cm³/mol. The van der Waals surface area contributed by atoms with Gasteiger partial charge in [-0.05, 0) is 38.6 Å². The molecule has 0 bridgehead atoms. The first kappa shape index (κ1) is 11.4. The van der Waals surface area contributed by atoms with Gasteiger partial charge in [0, 0.05) is 24.6 Å². The van der Waals surface area contributed by atoms with Gasteiger partial charge >= 0.3 is 0 Å². The molecular weight excluding hydrogens is 186 g/mol. The van der Waals surface area contributed by atoms with Crippen LogP contribution in [0.1, 0.15) is 45.4 Å². The van der Waals surface area contributed by atoms with Crippen LogP contribution in [0.4, 0.5) is 0 Å². The Balaban J connectivity index is 1.89. The molecule has 0 unspecified atom stereocenters. The molecule has 0 radical (unpaired) electrons. The van der Waals surface area contributed by atoms with E-state index < -0.39 is 0 Å². The lowest BCUT2D eigenvalue weighted by molar-refractivity contribution is 0.0345. The molecule has 0 spiro atoms. The van der Waals surface area contributed by atoms with Crippen molar-refractivity contribution in [3.8, 4) is 0 Å². The molecule has 0 heterocycles. The van der Waals surface area contributed by atoms with Gasteiger partial charge < -0.3 is 10.0 Å². The number of rotatable bonds is 4. The van der Waals surface area contributed by atoms with Crippen LogP contribution in [0.5, 0.6) is 0 Å². The third-order valence-electron chi connectivity index (χ3n) is 4.43. The number of hydrogen-bond acceptors (Lipinski definition) is 2. The predicted octanol–water partition coefficient (Wildman–Crippen LogP) is 2.27. The average molecular weight is 211 g/mol. The van der Waals surface area contributed by atoms with Crippen LogP contribution < -0.4 is 0 Å². The molecule has 0 aromatic rings. The molecule has 2 heteroatoms. The van der Waals surface area contributed by atoms with E-state index in [1.165, 1.54) is 38.5 Å². The van der Waals surface area contributed by atoms with Crippen molar-refractivity contribution in [1.29, 1.82) is 0 Å². The highest BCUT2D eigenvalue weighted by Crippen LogP contribution is 2.40. The summed E-state index contributed by atoms with van der Waals surface area (Å²) >= 11 is 0. The molecule has 0 aromatic heterocycles. The molecule has 2 rings (SSSR count). The smallest absolute Gasteiger partial charge is 0.0499 e. The summed E-state index contributed by atoms with van der Waals surface area (Å²) < 4.78 is 0. The van der Waals surface area contributed by atoms with Crippen LogP contribution in [0.3, 0.4) is 0 Å². The lowest BCUT2D eigenvalue weighted by atomic mass is 9.71. The van der Waals surface area contributed by atoms with E-state index in [9.17, 15) is 5.11 Å². The molecule has 2 aliphatic carbocycles. The highest BCUT2D eigenvalue weighted by Gasteiger charge is 2.37. The minimum atomic E-state index is 0.226. The van der Waals surface area contributed by atoms with Gasteiger partial charge in [0.1, 0.15) is 0 Å². The number of aliphatic hydroxyl groups is 1. The highest BCUT2D eigenvalue weighted by atomic mass is 16.3. The van der Waals surface area contributed by atoms with Crippen molar-refractivity contribution < 1.29 is 5.11 Å². The monoisotopic (exact) mass is 211 g/mol. The van der Waals surface area contributed by atoms with Crippen molar-refractivity contribution in [2.45, 2.75) is 51.5 Å². The molecule has 0 aromatic carbocycles. The molecule has 1 N–H and O–H groups in total. The van der Waals surface area contributed by atoms with Crippen LogP contribution in [-0.4, -0.2) is 36.2 Å². The zero-order valence-corrected chi connectivity index (χ0v) is 10.2. The Morgan fingerprint density at radius 1 is 1.20 bits per heavy atom. The molecule has 0 atom stereocenters. The van der Waals surface area contributed by atoms with Gasteiger partial charge in [-0.1, -0.05) is 19.8 Å². The maximum absolute atomic E-state index is 9.65. The zero-order valence-electron chi connectivity index (χ0n) is 10.2. The van der Waals surface area contributed by atoms with Gasteiger partial charge in [0.15, 0.2) is 0 Å². The van der Waals surface area contributed by atoms with Crippen molar-refractivity contribution in [2.75, 3.05) is 20.2 Å². The van der Waals surface area contributed by atoms with E-state index in [1.807, 2.05) is 0 Å². The second-order valence-corrected chi connectivity index (χ2v) is 5.99. The molecule has 0 aliphatic heterocycles. The Hall–Kier alpha value is -0.0800. The summed E-state index contributed by atoms with van der Waals surface area (Å²) in [6.45, 7) is 3.84. The van der Waals surface area contributed by atoms with E-state index in [-0.39, 0.29) is 5.41 Å². The largest absolute Gasteiger partial charge is 0.396 e. The molecule has 2 saturated carbocycles. The topological polar surface area (TPSA) is 23.5 Å². The van der Waals surface area contributed by atoms with Gasteiger partial charge in [-0.15, -0.1) is 0 Å². The number of nitrogens with zero attached hydrogens (tertiary/aromatic N) is 1. The van der Waals surface area contributed by atoms with Crippen LogP contribution >= 0.6 is 0 Å². The first-order valence-electron chi connectivity index (χ1n) is 6.46. The van der Waals surface area contributed by atoms with E-state index in [0.717, 1.165) is 18.5 Å². The van der Waals surface area contributed by atoms with Gasteiger partial charge in [0.2, 0.25) is 0 Å². The normalized spacial score (nSPS) is 37.2. The molecular formula is C13H25NO. The number of hydrogen-bond donors (Lipinski definition) is 1. The minimum Gasteiger partial charge on any atom is -0.396 e. The quantitative estimate of drug-likeness (QED) is 0.771. The van der Waals surface area contributed by atoms with E-state index in [4.69, 9.17) is 0 Å². The first-order valence-corrected chi connectivity index (χ1v) is 6.46. The molecule has 0 saturated heterocycles. The molecule has 2 nitrogen and oxygen atoms in total. The van der Waals surface area contributed by atoms with Crippen molar-refractivity contribution in [3.05, 3.63) is 0 Å². The van der Waals surface area contributed by atoms with Crippen molar-refractivity contribution >= 4 is 0 Å². The van der Waals surface area contributed by atoms with Crippen molar-refractivity contribution in [1.82, 2.24) is 4.90 Å². The Kier molecular flexibility index (Phi) is 3.36. The van der Waals surface area contributed by atoms with Gasteiger partial charge in [-0.2, -0.15) is 0 Å². The van der Waals surface area contributed by atoms with Crippen LogP contribution in [0.15, 0.2) is 0 Å². The molecule has 0 amide bonds. The van der Waals surface area contributed by atoms with Crippen LogP contribution in [0.2, 0.25) is 0 Å². The first-order chi connectivity index (χ1) is 7.15.